The van der Waals surface area contributed by atoms with Gasteiger partial charge in [-0.25, -0.2) is 0 Å². The lowest BCUT2D eigenvalue weighted by molar-refractivity contribution is -0.120. The number of hydrogen-bond donors (Lipinski definition) is 1. The van der Waals surface area contributed by atoms with E-state index in [1.807, 2.05) is 30.3 Å². The summed E-state index contributed by atoms with van der Waals surface area (Å²) in [7, 11) is -0.508. The highest BCUT2D eigenvalue weighted by Crippen LogP contribution is 2.25. The lowest BCUT2D eigenvalue weighted by atomic mass is 9.99. The lowest BCUT2D eigenvalue weighted by Crippen LogP contribution is -2.47. The molecule has 2 aromatic rings. The fraction of sp³-hybridized carbons (Fsp3) is 0.350. The summed E-state index contributed by atoms with van der Waals surface area (Å²) in [5.74, 6) is 0.868. The first-order valence-corrected chi connectivity index (χ1v) is 10.6. The van der Waals surface area contributed by atoms with Crippen molar-refractivity contribution in [2.45, 2.75) is 12.8 Å². The van der Waals surface area contributed by atoms with Crippen molar-refractivity contribution in [3.63, 3.8) is 0 Å². The molecular weight excluding hydrogens is 378 g/mol. The largest absolute Gasteiger partial charge is 0.457 e. The van der Waals surface area contributed by atoms with Crippen LogP contribution in [0, 0.1) is 5.92 Å². The molecule has 2 aromatic carbocycles. The van der Waals surface area contributed by atoms with Crippen molar-refractivity contribution in [3.05, 3.63) is 54.6 Å². The van der Waals surface area contributed by atoms with Crippen molar-refractivity contribution < 1.29 is 17.9 Å². The van der Waals surface area contributed by atoms with Crippen LogP contribution in [0.3, 0.4) is 0 Å². The predicted molar refractivity (Wildman–Crippen MR) is 108 cm³/mol. The van der Waals surface area contributed by atoms with Crippen molar-refractivity contribution in [1.29, 1.82) is 0 Å². The maximum atomic E-state index is 12.6. The van der Waals surface area contributed by atoms with Crippen LogP contribution in [0.2, 0.25) is 0 Å². The summed E-state index contributed by atoms with van der Waals surface area (Å²) in [4.78, 5) is 12.6. The number of benzene rings is 2. The molecule has 1 saturated heterocycles. The molecule has 0 radical (unpaired) electrons. The Morgan fingerprint density at radius 1 is 1.07 bits per heavy atom. The van der Waals surface area contributed by atoms with Gasteiger partial charge in [0.25, 0.3) is 10.2 Å². The van der Waals surface area contributed by atoms with Gasteiger partial charge >= 0.3 is 0 Å². The third kappa shape index (κ3) is 4.89. The van der Waals surface area contributed by atoms with Crippen LogP contribution >= 0.6 is 0 Å². The molecule has 0 aromatic heterocycles. The van der Waals surface area contributed by atoms with E-state index in [4.69, 9.17) is 4.74 Å². The molecule has 0 bridgehead atoms. The number of piperidine rings is 1. The Balaban J connectivity index is 1.60. The topological polar surface area (TPSA) is 79.0 Å². The van der Waals surface area contributed by atoms with Crippen LogP contribution in [-0.2, 0) is 15.0 Å². The number of hydrogen-bond acceptors (Lipinski definition) is 4. The monoisotopic (exact) mass is 403 g/mol. The minimum atomic E-state index is -3.50. The number of carbonyl (C=O) groups is 1. The highest BCUT2D eigenvalue weighted by molar-refractivity contribution is 7.86. The molecule has 1 atom stereocenters. The maximum Gasteiger partial charge on any atom is 0.281 e. The summed E-state index contributed by atoms with van der Waals surface area (Å²) in [6.07, 6.45) is 1.33. The molecule has 150 valence electrons. The van der Waals surface area contributed by atoms with Crippen LogP contribution in [0.15, 0.2) is 54.6 Å². The Labute approximate surface area is 166 Å². The average Bonchev–Trinajstić information content (AvgIpc) is 2.70. The summed E-state index contributed by atoms with van der Waals surface area (Å²) >= 11 is 0. The van der Waals surface area contributed by atoms with Gasteiger partial charge in [0, 0.05) is 32.9 Å². The van der Waals surface area contributed by atoms with Gasteiger partial charge in [-0.15, -0.1) is 0 Å². The van der Waals surface area contributed by atoms with Gasteiger partial charge in [-0.1, -0.05) is 18.2 Å². The Hall–Kier alpha value is -2.42. The Bertz CT molecular complexity index is 899. The number of ether oxygens (including phenoxy) is 1. The molecule has 1 heterocycles. The second kappa shape index (κ2) is 8.72. The van der Waals surface area contributed by atoms with Gasteiger partial charge < -0.3 is 10.1 Å². The van der Waals surface area contributed by atoms with Crippen molar-refractivity contribution in [3.8, 4) is 11.5 Å². The molecule has 3 rings (SSSR count). The van der Waals surface area contributed by atoms with Crippen LogP contribution in [0.25, 0.3) is 0 Å². The van der Waals surface area contributed by atoms with Gasteiger partial charge in [0.1, 0.15) is 11.5 Å². The summed E-state index contributed by atoms with van der Waals surface area (Å²) in [5.41, 5.74) is 0.651. The van der Waals surface area contributed by atoms with E-state index in [-0.39, 0.29) is 18.4 Å². The SMILES string of the molecule is CN(C)S(=O)(=O)N1CCCC(C(=O)Nc2ccc(Oc3ccccc3)cc2)C1. The minimum absolute atomic E-state index is 0.171. The van der Waals surface area contributed by atoms with Crippen LogP contribution in [-0.4, -0.2) is 50.1 Å². The van der Waals surface area contributed by atoms with E-state index in [9.17, 15) is 13.2 Å². The highest BCUT2D eigenvalue weighted by atomic mass is 32.2. The molecule has 8 heteroatoms. The maximum absolute atomic E-state index is 12.6. The smallest absolute Gasteiger partial charge is 0.281 e. The van der Waals surface area contributed by atoms with Crippen molar-refractivity contribution >= 4 is 21.8 Å². The molecule has 0 spiro atoms. The lowest BCUT2D eigenvalue weighted by Gasteiger charge is -2.32. The number of amides is 1. The third-order valence-corrected chi connectivity index (χ3v) is 6.55. The van der Waals surface area contributed by atoms with Gasteiger partial charge in [0.05, 0.1) is 5.92 Å². The molecule has 1 N–H and O–H groups in total. The standard InChI is InChI=1S/C20H25N3O4S/c1-22(2)28(25,26)23-14-6-7-16(15-23)20(24)21-17-10-12-19(13-11-17)27-18-8-4-3-5-9-18/h3-5,8-13,16H,6-7,14-15H2,1-2H3,(H,21,24). The number of anilines is 1. The van der Waals surface area contributed by atoms with Crippen LogP contribution in [0.5, 0.6) is 11.5 Å². The van der Waals surface area contributed by atoms with Crippen LogP contribution in [0.4, 0.5) is 5.69 Å². The molecule has 28 heavy (non-hydrogen) atoms. The summed E-state index contributed by atoms with van der Waals surface area (Å²) in [6.45, 7) is 0.636. The highest BCUT2D eigenvalue weighted by Gasteiger charge is 2.33. The normalized spacial score (nSPS) is 18.0. The van der Waals surface area contributed by atoms with E-state index < -0.39 is 10.2 Å². The molecule has 1 amide bonds. The Morgan fingerprint density at radius 3 is 2.36 bits per heavy atom. The molecule has 0 aliphatic carbocycles. The third-order valence-electron chi connectivity index (χ3n) is 4.64. The van der Waals surface area contributed by atoms with Gasteiger partial charge in [0.2, 0.25) is 5.91 Å². The molecule has 0 saturated carbocycles. The number of para-hydroxylation sites is 1. The number of rotatable bonds is 6. The fourth-order valence-electron chi connectivity index (χ4n) is 3.07. The number of nitrogens with zero attached hydrogens (tertiary/aromatic N) is 2. The molecular formula is C20H25N3O4S. The number of carbonyl (C=O) groups excluding carboxylic acids is 1. The zero-order chi connectivity index (χ0) is 20.1. The van der Waals surface area contributed by atoms with E-state index in [2.05, 4.69) is 5.32 Å². The first-order valence-electron chi connectivity index (χ1n) is 9.17. The predicted octanol–water partition coefficient (Wildman–Crippen LogP) is 2.94. The van der Waals surface area contributed by atoms with Crippen molar-refractivity contribution in [1.82, 2.24) is 8.61 Å². The van der Waals surface area contributed by atoms with E-state index in [1.54, 1.807) is 24.3 Å². The quantitative estimate of drug-likeness (QED) is 0.804. The molecule has 1 aliphatic rings. The Morgan fingerprint density at radius 2 is 1.71 bits per heavy atom. The van der Waals surface area contributed by atoms with E-state index >= 15 is 0 Å². The van der Waals surface area contributed by atoms with Crippen LogP contribution in [0.1, 0.15) is 12.8 Å². The zero-order valence-corrected chi connectivity index (χ0v) is 16.9. The molecule has 1 aliphatic heterocycles. The zero-order valence-electron chi connectivity index (χ0n) is 16.0. The van der Waals surface area contributed by atoms with E-state index in [1.165, 1.54) is 22.7 Å². The first kappa shape index (κ1) is 20.3. The summed E-state index contributed by atoms with van der Waals surface area (Å²) < 4.78 is 32.9. The van der Waals surface area contributed by atoms with Gasteiger partial charge in [0.15, 0.2) is 0 Å². The molecule has 1 unspecified atom stereocenters. The number of nitrogens with one attached hydrogen (secondary N) is 1. The first-order chi connectivity index (χ1) is 13.4. The average molecular weight is 404 g/mol. The fourth-order valence-corrected chi connectivity index (χ4v) is 4.26. The Kier molecular flexibility index (Phi) is 6.33. The van der Waals surface area contributed by atoms with Gasteiger partial charge in [-0.3, -0.25) is 4.79 Å². The van der Waals surface area contributed by atoms with Gasteiger partial charge in [-0.05, 0) is 49.2 Å². The summed E-state index contributed by atoms with van der Waals surface area (Å²) in [6, 6.07) is 16.6. The van der Waals surface area contributed by atoms with E-state index in [0.29, 0.717) is 30.8 Å². The second-order valence-corrected chi connectivity index (χ2v) is 9.06. The van der Waals surface area contributed by atoms with Gasteiger partial charge in [-0.2, -0.15) is 17.0 Å². The summed E-state index contributed by atoms with van der Waals surface area (Å²) in [5, 5.41) is 2.87. The second-order valence-electron chi connectivity index (χ2n) is 6.92. The molecule has 7 nitrogen and oxygen atoms in total. The van der Waals surface area contributed by atoms with E-state index in [0.717, 1.165) is 5.75 Å². The van der Waals surface area contributed by atoms with Crippen molar-refractivity contribution in [2.75, 3.05) is 32.5 Å². The molecule has 1 fully saturated rings. The van der Waals surface area contributed by atoms with Crippen LogP contribution < -0.4 is 10.1 Å². The minimum Gasteiger partial charge on any atom is -0.457 e. The van der Waals surface area contributed by atoms with Crippen molar-refractivity contribution in [2.24, 2.45) is 5.92 Å².